The smallest absolute Gasteiger partial charge is 0.363 e. The van der Waals surface area contributed by atoms with Gasteiger partial charge in [-0.1, -0.05) is 35.3 Å². The molecule has 0 saturated heterocycles. The molecule has 1 aromatic carbocycles. The predicted molar refractivity (Wildman–Crippen MR) is 75.8 cm³/mol. The fourth-order valence-corrected chi connectivity index (χ4v) is 2.06. The van der Waals surface area contributed by atoms with E-state index in [9.17, 15) is 4.79 Å². The van der Waals surface area contributed by atoms with Crippen LogP contribution in [0.5, 0.6) is 0 Å². The molecule has 100 valence electrons. The number of carbonyl (C=O) groups excluding carboxylic acids is 1. The maximum Gasteiger partial charge on any atom is 0.363 e. The summed E-state index contributed by atoms with van der Waals surface area (Å²) in [7, 11) is 0. The van der Waals surface area contributed by atoms with Crippen LogP contribution >= 0.6 is 23.2 Å². The van der Waals surface area contributed by atoms with Crippen molar-refractivity contribution in [3.63, 3.8) is 0 Å². The summed E-state index contributed by atoms with van der Waals surface area (Å²) in [6.45, 7) is 0. The van der Waals surface area contributed by atoms with Crippen LogP contribution in [-0.4, -0.2) is 11.9 Å². The van der Waals surface area contributed by atoms with E-state index in [4.69, 9.17) is 32.4 Å². The summed E-state index contributed by atoms with van der Waals surface area (Å²) in [6, 6.07) is 8.46. The van der Waals surface area contributed by atoms with Crippen LogP contribution in [-0.2, 0) is 9.53 Å². The lowest BCUT2D eigenvalue weighted by Gasteiger charge is -1.99. The molecule has 2 aromatic rings. The minimum Gasteiger partial charge on any atom is -0.459 e. The Hall–Kier alpha value is -2.04. The van der Waals surface area contributed by atoms with E-state index < -0.39 is 5.97 Å². The lowest BCUT2D eigenvalue weighted by atomic mass is 10.2. The second-order valence-electron chi connectivity index (χ2n) is 3.96. The number of esters is 1. The molecule has 0 amide bonds. The van der Waals surface area contributed by atoms with Gasteiger partial charge >= 0.3 is 5.97 Å². The van der Waals surface area contributed by atoms with Crippen molar-refractivity contribution >= 4 is 41.1 Å². The molecule has 1 aliphatic rings. The molecular formula is C14H7Cl2NO3. The summed E-state index contributed by atoms with van der Waals surface area (Å²) in [5, 5.41) is 0.763. The van der Waals surface area contributed by atoms with Crippen molar-refractivity contribution in [2.45, 2.75) is 0 Å². The molecule has 0 aliphatic carbocycles. The monoisotopic (exact) mass is 307 g/mol. The van der Waals surface area contributed by atoms with E-state index in [2.05, 4.69) is 4.99 Å². The van der Waals surface area contributed by atoms with Gasteiger partial charge in [0, 0.05) is 0 Å². The van der Waals surface area contributed by atoms with Crippen LogP contribution in [0.4, 0.5) is 0 Å². The largest absolute Gasteiger partial charge is 0.459 e. The first-order valence-corrected chi connectivity index (χ1v) is 6.41. The Morgan fingerprint density at radius 3 is 2.75 bits per heavy atom. The third-order valence-electron chi connectivity index (χ3n) is 2.63. The van der Waals surface area contributed by atoms with Crippen LogP contribution in [0, 0.1) is 0 Å². The van der Waals surface area contributed by atoms with E-state index in [0.717, 1.165) is 0 Å². The van der Waals surface area contributed by atoms with Crippen molar-refractivity contribution in [2.75, 3.05) is 0 Å². The van der Waals surface area contributed by atoms with E-state index in [1.165, 1.54) is 12.3 Å². The van der Waals surface area contributed by atoms with Crippen molar-refractivity contribution in [3.8, 4) is 0 Å². The number of hydrogen-bond donors (Lipinski definition) is 0. The number of halogens is 2. The SMILES string of the molecule is O=C1OC(c2ccco2)=N/C1=C\c1cccc(Cl)c1Cl. The summed E-state index contributed by atoms with van der Waals surface area (Å²) in [4.78, 5) is 15.8. The predicted octanol–water partition coefficient (Wildman–Crippen LogP) is 3.93. The molecule has 1 aromatic heterocycles. The van der Waals surface area contributed by atoms with Gasteiger partial charge in [-0.15, -0.1) is 0 Å². The van der Waals surface area contributed by atoms with Crippen LogP contribution < -0.4 is 0 Å². The zero-order chi connectivity index (χ0) is 14.1. The quantitative estimate of drug-likeness (QED) is 0.624. The Morgan fingerprint density at radius 2 is 2.00 bits per heavy atom. The standard InChI is InChI=1S/C14H7Cl2NO3/c15-9-4-1-3-8(12(9)16)7-10-14(18)20-13(17-10)11-5-2-6-19-11/h1-7H/b10-7-. The van der Waals surface area contributed by atoms with E-state index in [0.29, 0.717) is 21.4 Å². The first-order chi connectivity index (χ1) is 9.65. The Balaban J connectivity index is 1.99. The highest BCUT2D eigenvalue weighted by atomic mass is 35.5. The van der Waals surface area contributed by atoms with E-state index >= 15 is 0 Å². The summed E-state index contributed by atoms with van der Waals surface area (Å²) in [6.07, 6.45) is 2.99. The lowest BCUT2D eigenvalue weighted by Crippen LogP contribution is -2.04. The van der Waals surface area contributed by atoms with E-state index in [1.54, 1.807) is 30.3 Å². The van der Waals surface area contributed by atoms with Crippen molar-refractivity contribution in [1.82, 2.24) is 0 Å². The average Bonchev–Trinajstić information content (AvgIpc) is 3.05. The van der Waals surface area contributed by atoms with Crippen molar-refractivity contribution < 1.29 is 13.9 Å². The summed E-state index contributed by atoms with van der Waals surface area (Å²) in [5.41, 5.74) is 0.733. The molecule has 0 fully saturated rings. The number of cyclic esters (lactones) is 1. The van der Waals surface area contributed by atoms with Crippen LogP contribution in [0.15, 0.2) is 51.7 Å². The molecule has 6 heteroatoms. The minimum absolute atomic E-state index is 0.129. The van der Waals surface area contributed by atoms with Gasteiger partial charge in [0.1, 0.15) is 0 Å². The number of hydrogen-bond acceptors (Lipinski definition) is 4. The van der Waals surface area contributed by atoms with Crippen molar-refractivity contribution in [2.24, 2.45) is 4.99 Å². The van der Waals surface area contributed by atoms with Gasteiger partial charge in [-0.05, 0) is 29.8 Å². The van der Waals surface area contributed by atoms with Crippen LogP contribution in [0.3, 0.4) is 0 Å². The van der Waals surface area contributed by atoms with Gasteiger partial charge in [-0.2, -0.15) is 0 Å². The number of benzene rings is 1. The molecule has 0 spiro atoms. The molecule has 0 atom stereocenters. The van der Waals surface area contributed by atoms with Crippen LogP contribution in [0.25, 0.3) is 6.08 Å². The summed E-state index contributed by atoms with van der Waals surface area (Å²) in [5.74, 6) is -0.0456. The Morgan fingerprint density at radius 1 is 1.15 bits per heavy atom. The lowest BCUT2D eigenvalue weighted by molar-refractivity contribution is -0.130. The molecule has 0 bridgehead atoms. The molecule has 0 N–H and O–H groups in total. The first-order valence-electron chi connectivity index (χ1n) is 5.65. The number of nitrogens with zero attached hydrogens (tertiary/aromatic N) is 1. The molecule has 4 nitrogen and oxygen atoms in total. The number of aliphatic imine (C=N–C) groups is 1. The molecule has 0 unspecified atom stereocenters. The normalized spacial score (nSPS) is 16.4. The fraction of sp³-hybridized carbons (Fsp3) is 0. The van der Waals surface area contributed by atoms with Gasteiger partial charge < -0.3 is 9.15 Å². The Kier molecular flexibility index (Phi) is 3.34. The van der Waals surface area contributed by atoms with Crippen molar-refractivity contribution in [1.29, 1.82) is 0 Å². The third kappa shape index (κ3) is 2.35. The molecule has 0 saturated carbocycles. The first kappa shape index (κ1) is 13.0. The molecule has 2 heterocycles. The van der Waals surface area contributed by atoms with E-state index in [-0.39, 0.29) is 11.6 Å². The zero-order valence-electron chi connectivity index (χ0n) is 9.97. The number of furan rings is 1. The fourth-order valence-electron chi connectivity index (χ4n) is 1.69. The van der Waals surface area contributed by atoms with Gasteiger partial charge in [-0.3, -0.25) is 0 Å². The van der Waals surface area contributed by atoms with Crippen molar-refractivity contribution in [3.05, 3.63) is 63.7 Å². The van der Waals surface area contributed by atoms with Gasteiger partial charge in [0.2, 0.25) is 0 Å². The highest BCUT2D eigenvalue weighted by Gasteiger charge is 2.26. The molecule has 0 radical (unpaired) electrons. The Labute approximate surface area is 124 Å². The highest BCUT2D eigenvalue weighted by Crippen LogP contribution is 2.28. The minimum atomic E-state index is -0.563. The molecule has 1 aliphatic heterocycles. The number of carbonyl (C=O) groups is 1. The Bertz CT molecular complexity index is 733. The van der Waals surface area contributed by atoms with Gasteiger partial charge in [0.05, 0.1) is 16.3 Å². The zero-order valence-corrected chi connectivity index (χ0v) is 11.5. The van der Waals surface area contributed by atoms with E-state index in [1.807, 2.05) is 0 Å². The summed E-state index contributed by atoms with van der Waals surface area (Å²) < 4.78 is 10.2. The summed E-state index contributed by atoms with van der Waals surface area (Å²) >= 11 is 12.0. The topological polar surface area (TPSA) is 51.8 Å². The molecular weight excluding hydrogens is 301 g/mol. The van der Waals surface area contributed by atoms with Gasteiger partial charge in [0.25, 0.3) is 5.90 Å². The average molecular weight is 308 g/mol. The van der Waals surface area contributed by atoms with Crippen LogP contribution in [0.2, 0.25) is 10.0 Å². The second-order valence-corrected chi connectivity index (χ2v) is 4.74. The molecule has 3 rings (SSSR count). The van der Waals surface area contributed by atoms with Gasteiger partial charge in [-0.25, -0.2) is 9.79 Å². The second kappa shape index (κ2) is 5.15. The number of rotatable bonds is 2. The highest BCUT2D eigenvalue weighted by molar-refractivity contribution is 6.43. The number of ether oxygens (including phenoxy) is 1. The maximum absolute atomic E-state index is 11.8. The van der Waals surface area contributed by atoms with Crippen LogP contribution in [0.1, 0.15) is 11.3 Å². The third-order valence-corrected chi connectivity index (χ3v) is 3.46. The van der Waals surface area contributed by atoms with Gasteiger partial charge in [0.15, 0.2) is 11.5 Å². The maximum atomic E-state index is 11.8. The molecule has 20 heavy (non-hydrogen) atoms.